The summed E-state index contributed by atoms with van der Waals surface area (Å²) in [6.07, 6.45) is 1.65. The van der Waals surface area contributed by atoms with Gasteiger partial charge in [0.25, 0.3) is 0 Å². The molecule has 0 atom stereocenters. The van der Waals surface area contributed by atoms with Gasteiger partial charge in [-0.15, -0.1) is 11.3 Å². The molecule has 3 rings (SSSR count). The summed E-state index contributed by atoms with van der Waals surface area (Å²) in [5.41, 5.74) is 2.44. The van der Waals surface area contributed by atoms with Crippen LogP contribution in [0.2, 0.25) is 0 Å². The molecule has 0 aliphatic heterocycles. The average Bonchev–Trinajstić information content (AvgIpc) is 2.96. The Morgan fingerprint density at radius 3 is 3.06 bits per heavy atom. The summed E-state index contributed by atoms with van der Waals surface area (Å²) in [7, 11) is 0. The zero-order valence-electron chi connectivity index (χ0n) is 8.27. The Morgan fingerprint density at radius 2 is 2.31 bits per heavy atom. The first kappa shape index (κ1) is 9.13. The van der Waals surface area contributed by atoms with Crippen LogP contribution in [0.25, 0.3) is 21.6 Å². The second-order valence-electron chi connectivity index (χ2n) is 3.39. The van der Waals surface area contributed by atoms with Gasteiger partial charge < -0.3 is 4.98 Å². The Balaban J connectivity index is 2.28. The van der Waals surface area contributed by atoms with Crippen molar-refractivity contribution in [3.63, 3.8) is 0 Å². The Labute approximate surface area is 96.0 Å². The maximum Gasteiger partial charge on any atom is 0.139 e. The minimum absolute atomic E-state index is 0.657. The second kappa shape index (κ2) is 3.47. The molecule has 0 aromatic carbocycles. The van der Waals surface area contributed by atoms with Gasteiger partial charge in [0.1, 0.15) is 5.65 Å². The lowest BCUT2D eigenvalue weighted by Gasteiger charge is -1.89. The fraction of sp³-hybridized carbons (Fsp3) is 0. The van der Waals surface area contributed by atoms with E-state index in [1.165, 1.54) is 0 Å². The Morgan fingerprint density at radius 1 is 1.38 bits per heavy atom. The highest BCUT2D eigenvalue weighted by Crippen LogP contribution is 2.27. The number of nitrogens with one attached hydrogen (secondary N) is 1. The van der Waals surface area contributed by atoms with Crippen LogP contribution in [-0.4, -0.2) is 9.97 Å². The lowest BCUT2D eigenvalue weighted by atomic mass is 10.2. The van der Waals surface area contributed by atoms with Gasteiger partial charge >= 0.3 is 0 Å². The van der Waals surface area contributed by atoms with Crippen molar-refractivity contribution < 1.29 is 0 Å². The van der Waals surface area contributed by atoms with E-state index in [4.69, 9.17) is 5.26 Å². The fourth-order valence-corrected chi connectivity index (χ4v) is 2.39. The van der Waals surface area contributed by atoms with E-state index in [1.807, 2.05) is 23.6 Å². The monoisotopic (exact) mass is 225 g/mol. The number of fused-ring (bicyclic) bond motifs is 1. The van der Waals surface area contributed by atoms with Crippen LogP contribution in [0.5, 0.6) is 0 Å². The Kier molecular flexibility index (Phi) is 1.98. The highest BCUT2D eigenvalue weighted by Gasteiger charge is 2.07. The predicted octanol–water partition coefficient (Wildman–Crippen LogP) is 3.16. The van der Waals surface area contributed by atoms with Gasteiger partial charge in [0, 0.05) is 11.6 Å². The molecule has 76 valence electrons. The molecule has 0 fully saturated rings. The minimum Gasteiger partial charge on any atom is -0.339 e. The molecule has 0 aliphatic carbocycles. The molecule has 3 aromatic rings. The van der Waals surface area contributed by atoms with Crippen molar-refractivity contribution in [3.8, 4) is 16.6 Å². The van der Waals surface area contributed by atoms with Crippen molar-refractivity contribution in [2.45, 2.75) is 0 Å². The fourth-order valence-electron chi connectivity index (χ4n) is 1.69. The van der Waals surface area contributed by atoms with Crippen LogP contribution in [0.1, 0.15) is 5.56 Å². The number of hydrogen-bond acceptors (Lipinski definition) is 3. The first-order valence-corrected chi connectivity index (χ1v) is 5.68. The minimum atomic E-state index is 0.657. The maximum atomic E-state index is 8.99. The Hall–Kier alpha value is -2.12. The molecule has 0 aliphatic rings. The molecule has 0 radical (unpaired) electrons. The van der Waals surface area contributed by atoms with Crippen LogP contribution in [0.4, 0.5) is 0 Å². The van der Waals surface area contributed by atoms with Crippen molar-refractivity contribution in [1.82, 2.24) is 9.97 Å². The molecule has 0 saturated carbocycles. The van der Waals surface area contributed by atoms with Gasteiger partial charge in [0.2, 0.25) is 0 Å². The smallest absolute Gasteiger partial charge is 0.139 e. The predicted molar refractivity (Wildman–Crippen MR) is 64.1 cm³/mol. The highest BCUT2D eigenvalue weighted by molar-refractivity contribution is 7.13. The average molecular weight is 225 g/mol. The zero-order valence-corrected chi connectivity index (χ0v) is 9.08. The van der Waals surface area contributed by atoms with E-state index in [2.05, 4.69) is 16.0 Å². The second-order valence-corrected chi connectivity index (χ2v) is 4.34. The highest BCUT2D eigenvalue weighted by atomic mass is 32.1. The molecule has 0 unspecified atom stereocenters. The molecule has 1 N–H and O–H groups in total. The van der Waals surface area contributed by atoms with E-state index in [0.717, 1.165) is 21.6 Å². The summed E-state index contributed by atoms with van der Waals surface area (Å²) in [6.45, 7) is 0. The number of nitrogens with zero attached hydrogens (tertiary/aromatic N) is 2. The quantitative estimate of drug-likeness (QED) is 0.691. The number of hydrogen-bond donors (Lipinski definition) is 1. The van der Waals surface area contributed by atoms with Gasteiger partial charge in [-0.25, -0.2) is 4.98 Å². The van der Waals surface area contributed by atoms with Crippen LogP contribution < -0.4 is 0 Å². The lowest BCUT2D eigenvalue weighted by Crippen LogP contribution is -1.79. The molecule has 0 bridgehead atoms. The largest absolute Gasteiger partial charge is 0.339 e. The number of rotatable bonds is 1. The third-order valence-electron chi connectivity index (χ3n) is 2.44. The van der Waals surface area contributed by atoms with E-state index in [0.29, 0.717) is 5.56 Å². The summed E-state index contributed by atoms with van der Waals surface area (Å²) >= 11 is 1.66. The molecule has 3 heterocycles. The number of aromatic nitrogens is 2. The van der Waals surface area contributed by atoms with E-state index >= 15 is 0 Å². The van der Waals surface area contributed by atoms with Crippen LogP contribution in [0, 0.1) is 11.3 Å². The number of aromatic amines is 1. The normalized spacial score (nSPS) is 10.4. The van der Waals surface area contributed by atoms with Gasteiger partial charge in [-0.3, -0.25) is 0 Å². The van der Waals surface area contributed by atoms with Crippen molar-refractivity contribution in [3.05, 3.63) is 41.4 Å². The molecule has 3 nitrogen and oxygen atoms in total. The van der Waals surface area contributed by atoms with Crippen LogP contribution in [-0.2, 0) is 0 Å². The molecule has 0 saturated heterocycles. The maximum absolute atomic E-state index is 8.99. The summed E-state index contributed by atoms with van der Waals surface area (Å²) in [6, 6.07) is 9.93. The molecule has 0 amide bonds. The van der Waals surface area contributed by atoms with Crippen LogP contribution in [0.15, 0.2) is 35.8 Å². The molecular formula is C12H7N3S. The summed E-state index contributed by atoms with van der Waals surface area (Å²) in [4.78, 5) is 8.59. The third kappa shape index (κ3) is 1.30. The molecule has 4 heteroatoms. The van der Waals surface area contributed by atoms with Crippen LogP contribution >= 0.6 is 11.3 Å². The molecule has 0 spiro atoms. The van der Waals surface area contributed by atoms with Crippen molar-refractivity contribution >= 4 is 22.4 Å². The summed E-state index contributed by atoms with van der Waals surface area (Å²) in [5.74, 6) is 0. The first-order chi connectivity index (χ1) is 7.88. The summed E-state index contributed by atoms with van der Waals surface area (Å²) in [5, 5.41) is 11.9. The summed E-state index contributed by atoms with van der Waals surface area (Å²) < 4.78 is 0. The van der Waals surface area contributed by atoms with E-state index in [1.54, 1.807) is 23.6 Å². The third-order valence-corrected chi connectivity index (χ3v) is 3.34. The van der Waals surface area contributed by atoms with Crippen molar-refractivity contribution in [2.75, 3.05) is 0 Å². The number of thiophene rings is 1. The lowest BCUT2D eigenvalue weighted by molar-refractivity contribution is 1.32. The zero-order chi connectivity index (χ0) is 11.0. The van der Waals surface area contributed by atoms with E-state index in [9.17, 15) is 0 Å². The van der Waals surface area contributed by atoms with Crippen molar-refractivity contribution in [2.24, 2.45) is 0 Å². The Bertz CT molecular complexity index is 674. The molecule has 3 aromatic heterocycles. The number of pyridine rings is 1. The SMILES string of the molecule is N#Cc1ccnc2[nH]c(-c3cccs3)cc12. The van der Waals surface area contributed by atoms with Crippen LogP contribution in [0.3, 0.4) is 0 Å². The van der Waals surface area contributed by atoms with Gasteiger partial charge in [0.15, 0.2) is 0 Å². The van der Waals surface area contributed by atoms with E-state index < -0.39 is 0 Å². The van der Waals surface area contributed by atoms with Crippen molar-refractivity contribution in [1.29, 1.82) is 5.26 Å². The molecular weight excluding hydrogens is 218 g/mol. The number of nitriles is 1. The van der Waals surface area contributed by atoms with Gasteiger partial charge in [-0.2, -0.15) is 5.26 Å². The first-order valence-electron chi connectivity index (χ1n) is 4.80. The van der Waals surface area contributed by atoms with E-state index in [-0.39, 0.29) is 0 Å². The van der Waals surface area contributed by atoms with Gasteiger partial charge in [0.05, 0.1) is 22.2 Å². The van der Waals surface area contributed by atoms with Gasteiger partial charge in [-0.05, 0) is 23.6 Å². The molecule has 16 heavy (non-hydrogen) atoms. The topological polar surface area (TPSA) is 52.5 Å². The van der Waals surface area contributed by atoms with Gasteiger partial charge in [-0.1, -0.05) is 6.07 Å². The standard InChI is InChI=1S/C12H7N3S/c13-7-8-3-4-14-12-9(8)6-10(15-12)11-2-1-5-16-11/h1-6H,(H,14,15). The number of H-pyrrole nitrogens is 1.